The number of aromatic carboxylic acids is 1. The smallest absolute Gasteiger partial charge is 0.335 e. The van der Waals surface area contributed by atoms with Crippen LogP contribution in [0.25, 0.3) is 0 Å². The second kappa shape index (κ2) is 14.0. The highest BCUT2D eigenvalue weighted by atomic mass is 32.2. The Hall–Kier alpha value is -4.28. The van der Waals surface area contributed by atoms with E-state index < -0.39 is 12.3 Å². The van der Waals surface area contributed by atoms with Gasteiger partial charge in [-0.05, 0) is 66.6 Å². The molecule has 4 unspecified atom stereocenters. The van der Waals surface area contributed by atoms with Crippen LogP contribution < -0.4 is 5.32 Å². The van der Waals surface area contributed by atoms with Crippen molar-refractivity contribution in [3.8, 4) is 0 Å². The van der Waals surface area contributed by atoms with Crippen molar-refractivity contribution in [2.24, 2.45) is 5.92 Å². The summed E-state index contributed by atoms with van der Waals surface area (Å²) >= 11 is 1.57. The third-order valence-electron chi connectivity index (χ3n) is 7.59. The van der Waals surface area contributed by atoms with Gasteiger partial charge < -0.3 is 25.0 Å². The minimum Gasteiger partial charge on any atom is -0.478 e. The highest BCUT2D eigenvalue weighted by Crippen LogP contribution is 2.43. The van der Waals surface area contributed by atoms with E-state index in [1.54, 1.807) is 78.5 Å². The van der Waals surface area contributed by atoms with Gasteiger partial charge in [-0.1, -0.05) is 55.5 Å². The van der Waals surface area contributed by atoms with Crippen molar-refractivity contribution in [2.75, 3.05) is 11.1 Å². The van der Waals surface area contributed by atoms with E-state index in [9.17, 15) is 24.6 Å². The molecule has 0 aliphatic carbocycles. The van der Waals surface area contributed by atoms with Gasteiger partial charge in [0.2, 0.25) is 0 Å². The van der Waals surface area contributed by atoms with Crippen molar-refractivity contribution in [2.45, 2.75) is 43.8 Å². The summed E-state index contributed by atoms with van der Waals surface area (Å²) in [6.07, 6.45) is -1.33. The first-order valence-electron chi connectivity index (χ1n) is 14.2. The first-order valence-corrected chi connectivity index (χ1v) is 15.2. The van der Waals surface area contributed by atoms with Gasteiger partial charge in [0.25, 0.3) is 5.91 Å². The number of nitrogens with one attached hydrogen (secondary N) is 1. The minimum absolute atomic E-state index is 0.0444. The van der Waals surface area contributed by atoms with Gasteiger partial charge >= 0.3 is 5.97 Å². The molecule has 0 saturated carbocycles. The zero-order valence-corrected chi connectivity index (χ0v) is 25.1. The Morgan fingerprint density at radius 2 is 1.52 bits per heavy atom. The monoisotopic (exact) mass is 611 g/mol. The Labute approximate surface area is 260 Å². The standard InChI is InChI=1S/C35H33NO7S/c1-21-31(20-44-30-15-13-25(14-16-30)34(40)41)42-35(43-32(21)24-11-9-23(19-37)10-12-24)28-7-3-6-27(17-28)33(39)36-29-8-4-5-26(18-29)22(2)38/h3-18,21,31-32,35,37H,19-20H2,1-2H3,(H,36,39)(H,40,41). The molecule has 226 valence electrons. The SMILES string of the molecule is CC(=O)c1cccc(NC(=O)c2cccc(C3OC(CSc4ccc(C(=O)O)cc4)C(C)C(c4ccc(CO)cc4)O3)c2)c1. The highest BCUT2D eigenvalue weighted by Gasteiger charge is 2.38. The molecule has 3 N–H and O–H groups in total. The molecule has 1 heterocycles. The molecule has 5 rings (SSSR count). The molecule has 4 aromatic carbocycles. The van der Waals surface area contributed by atoms with Crippen molar-refractivity contribution in [1.29, 1.82) is 0 Å². The number of carbonyl (C=O) groups is 3. The molecule has 0 bridgehead atoms. The van der Waals surface area contributed by atoms with E-state index >= 15 is 0 Å². The Kier molecular flexibility index (Phi) is 9.92. The number of aliphatic hydroxyl groups excluding tert-OH is 1. The average Bonchev–Trinajstić information content (AvgIpc) is 3.04. The Bertz CT molecular complexity index is 1640. The lowest BCUT2D eigenvalue weighted by atomic mass is 9.91. The number of benzene rings is 4. The quantitative estimate of drug-likeness (QED) is 0.131. The Balaban J connectivity index is 1.38. The predicted molar refractivity (Wildman–Crippen MR) is 168 cm³/mol. The van der Waals surface area contributed by atoms with Crippen LogP contribution in [0, 0.1) is 5.92 Å². The lowest BCUT2D eigenvalue weighted by molar-refractivity contribution is -0.268. The molecule has 9 heteroatoms. The summed E-state index contributed by atoms with van der Waals surface area (Å²) in [4.78, 5) is 37.1. The molecule has 0 aromatic heterocycles. The van der Waals surface area contributed by atoms with E-state index in [-0.39, 0.29) is 42.0 Å². The topological polar surface area (TPSA) is 122 Å². The average molecular weight is 612 g/mol. The first-order chi connectivity index (χ1) is 21.2. The number of ketones is 1. The third kappa shape index (κ3) is 7.43. The van der Waals surface area contributed by atoms with Gasteiger partial charge in [0.15, 0.2) is 12.1 Å². The van der Waals surface area contributed by atoms with E-state index in [4.69, 9.17) is 9.47 Å². The van der Waals surface area contributed by atoms with Crippen molar-refractivity contribution < 1.29 is 34.1 Å². The summed E-state index contributed by atoms with van der Waals surface area (Å²) in [5.74, 6) is -0.844. The Morgan fingerprint density at radius 3 is 2.20 bits per heavy atom. The summed E-state index contributed by atoms with van der Waals surface area (Å²) in [7, 11) is 0. The molecule has 4 aromatic rings. The van der Waals surface area contributed by atoms with Crippen LogP contribution in [0.15, 0.2) is 102 Å². The van der Waals surface area contributed by atoms with Crippen molar-refractivity contribution in [3.63, 3.8) is 0 Å². The lowest BCUT2D eigenvalue weighted by Crippen LogP contribution is -2.38. The summed E-state index contributed by atoms with van der Waals surface area (Å²) in [6, 6.07) is 28.3. The fourth-order valence-corrected chi connectivity index (χ4v) is 6.10. The summed E-state index contributed by atoms with van der Waals surface area (Å²) < 4.78 is 13.0. The van der Waals surface area contributed by atoms with Gasteiger partial charge in [-0.2, -0.15) is 0 Å². The third-order valence-corrected chi connectivity index (χ3v) is 8.69. The van der Waals surface area contributed by atoms with Crippen LogP contribution in [0.1, 0.15) is 74.0 Å². The fourth-order valence-electron chi connectivity index (χ4n) is 5.03. The molecule has 1 aliphatic heterocycles. The molecule has 44 heavy (non-hydrogen) atoms. The number of hydrogen-bond acceptors (Lipinski definition) is 7. The highest BCUT2D eigenvalue weighted by molar-refractivity contribution is 7.99. The van der Waals surface area contributed by atoms with Gasteiger partial charge in [0, 0.05) is 38.9 Å². The zero-order valence-electron chi connectivity index (χ0n) is 24.3. The number of aliphatic hydroxyl groups is 1. The van der Waals surface area contributed by atoms with Crippen LogP contribution in [-0.4, -0.2) is 39.7 Å². The van der Waals surface area contributed by atoms with E-state index in [1.165, 1.54) is 6.92 Å². The summed E-state index contributed by atoms with van der Waals surface area (Å²) in [6.45, 7) is 3.49. The second-order valence-corrected chi connectivity index (χ2v) is 11.8. The van der Waals surface area contributed by atoms with Crippen LogP contribution in [-0.2, 0) is 16.1 Å². The molecule has 1 saturated heterocycles. The second-order valence-electron chi connectivity index (χ2n) is 10.7. The number of carboxylic acid groups (broad SMARTS) is 1. The number of ether oxygens (including phenoxy) is 2. The van der Waals surface area contributed by atoms with Gasteiger partial charge in [0.05, 0.1) is 24.4 Å². The fraction of sp³-hybridized carbons (Fsp3) is 0.229. The van der Waals surface area contributed by atoms with Gasteiger partial charge in [-0.25, -0.2) is 4.79 Å². The number of hydrogen-bond donors (Lipinski definition) is 3. The Morgan fingerprint density at radius 1 is 0.818 bits per heavy atom. The predicted octanol–water partition coefficient (Wildman–Crippen LogP) is 6.92. The molecular weight excluding hydrogens is 578 g/mol. The maximum absolute atomic E-state index is 13.2. The summed E-state index contributed by atoms with van der Waals surface area (Å²) in [5.41, 5.74) is 4.10. The number of rotatable bonds is 10. The molecule has 1 fully saturated rings. The molecular formula is C35H33NO7S. The van der Waals surface area contributed by atoms with Crippen LogP contribution in [0.2, 0.25) is 0 Å². The van der Waals surface area contributed by atoms with Crippen molar-refractivity contribution in [3.05, 3.63) is 130 Å². The van der Waals surface area contributed by atoms with Gasteiger partial charge in [-0.3, -0.25) is 9.59 Å². The molecule has 0 radical (unpaired) electrons. The number of amides is 1. The molecule has 4 atom stereocenters. The van der Waals surface area contributed by atoms with Crippen molar-refractivity contribution in [1.82, 2.24) is 0 Å². The number of anilines is 1. The zero-order chi connectivity index (χ0) is 31.2. The van der Waals surface area contributed by atoms with E-state index in [0.717, 1.165) is 16.0 Å². The number of thioether (sulfide) groups is 1. The van der Waals surface area contributed by atoms with Crippen molar-refractivity contribution >= 4 is 35.1 Å². The normalized spacial score (nSPS) is 19.7. The van der Waals surface area contributed by atoms with E-state index in [0.29, 0.717) is 28.1 Å². The number of carbonyl (C=O) groups excluding carboxylic acids is 2. The molecule has 8 nitrogen and oxygen atoms in total. The number of Topliss-reactive ketones (excluding diaryl/α,β-unsaturated/α-hetero) is 1. The largest absolute Gasteiger partial charge is 0.478 e. The van der Waals surface area contributed by atoms with E-state index in [1.807, 2.05) is 30.3 Å². The van der Waals surface area contributed by atoms with Crippen LogP contribution in [0.4, 0.5) is 5.69 Å². The minimum atomic E-state index is -0.971. The van der Waals surface area contributed by atoms with Crippen LogP contribution >= 0.6 is 11.8 Å². The van der Waals surface area contributed by atoms with Crippen LogP contribution in [0.3, 0.4) is 0 Å². The molecule has 1 amide bonds. The first kappa shape index (κ1) is 31.2. The maximum atomic E-state index is 13.2. The number of carboxylic acids is 1. The van der Waals surface area contributed by atoms with Gasteiger partial charge in [-0.15, -0.1) is 11.8 Å². The molecule has 0 spiro atoms. The maximum Gasteiger partial charge on any atom is 0.335 e. The lowest BCUT2D eigenvalue weighted by Gasteiger charge is -2.41. The van der Waals surface area contributed by atoms with Gasteiger partial charge in [0.1, 0.15) is 0 Å². The van der Waals surface area contributed by atoms with Crippen LogP contribution in [0.5, 0.6) is 0 Å². The molecule has 1 aliphatic rings. The summed E-state index contributed by atoms with van der Waals surface area (Å²) in [5, 5.41) is 21.6. The van der Waals surface area contributed by atoms with E-state index in [2.05, 4.69) is 12.2 Å².